The Labute approximate surface area is 118 Å². The molecule has 3 nitrogen and oxygen atoms in total. The highest BCUT2D eigenvalue weighted by molar-refractivity contribution is 5.79. The second-order valence-electron chi connectivity index (χ2n) is 4.84. The van der Waals surface area contributed by atoms with Crippen molar-refractivity contribution in [3.8, 4) is 0 Å². The molecule has 0 saturated heterocycles. The summed E-state index contributed by atoms with van der Waals surface area (Å²) in [4.78, 5) is 3.24. The van der Waals surface area contributed by atoms with Crippen molar-refractivity contribution in [3.05, 3.63) is 65.9 Å². The molecule has 2 aromatic carbocycles. The Balaban J connectivity index is 1.75. The second-order valence-corrected chi connectivity index (χ2v) is 4.84. The molecule has 0 spiro atoms. The van der Waals surface area contributed by atoms with Gasteiger partial charge in [0.1, 0.15) is 0 Å². The summed E-state index contributed by atoms with van der Waals surface area (Å²) in [5, 5.41) is 4.72. The van der Waals surface area contributed by atoms with Crippen LogP contribution in [0.15, 0.2) is 54.7 Å². The van der Waals surface area contributed by atoms with Crippen molar-refractivity contribution in [3.63, 3.8) is 0 Å². The van der Waals surface area contributed by atoms with Gasteiger partial charge in [-0.25, -0.2) is 0 Å². The highest BCUT2D eigenvalue weighted by Crippen LogP contribution is 2.19. The smallest absolute Gasteiger partial charge is 0.0733 e. The minimum Gasteiger partial charge on any atom is -0.381 e. The maximum atomic E-state index is 5.22. The lowest BCUT2D eigenvalue weighted by atomic mass is 10.1. The molecule has 0 aliphatic heterocycles. The van der Waals surface area contributed by atoms with Crippen LogP contribution < -0.4 is 5.32 Å². The van der Waals surface area contributed by atoms with E-state index in [1.165, 1.54) is 22.0 Å². The first-order valence-electron chi connectivity index (χ1n) is 6.73. The predicted molar refractivity (Wildman–Crippen MR) is 82.8 cm³/mol. The van der Waals surface area contributed by atoms with Crippen LogP contribution in [0, 0.1) is 0 Å². The van der Waals surface area contributed by atoms with Crippen LogP contribution in [0.3, 0.4) is 0 Å². The number of hydrogen-bond acceptors (Lipinski definition) is 2. The maximum Gasteiger partial charge on any atom is 0.0733 e. The summed E-state index contributed by atoms with van der Waals surface area (Å²) in [6.45, 7) is 1.43. The molecule has 3 rings (SSSR count). The number of benzene rings is 2. The number of ether oxygens (including phenoxy) is 1. The van der Waals surface area contributed by atoms with E-state index in [4.69, 9.17) is 4.74 Å². The van der Waals surface area contributed by atoms with Crippen LogP contribution in [-0.4, -0.2) is 12.1 Å². The lowest BCUT2D eigenvalue weighted by Crippen LogP contribution is -2.03. The highest BCUT2D eigenvalue weighted by atomic mass is 16.5. The quantitative estimate of drug-likeness (QED) is 0.734. The molecule has 2 N–H and O–H groups in total. The lowest BCUT2D eigenvalue weighted by molar-refractivity contribution is 0.185. The summed E-state index contributed by atoms with van der Waals surface area (Å²) in [5.74, 6) is 0. The summed E-state index contributed by atoms with van der Waals surface area (Å²) in [5.41, 5.74) is 4.73. The van der Waals surface area contributed by atoms with Gasteiger partial charge in [0.05, 0.1) is 6.61 Å². The fraction of sp³-hybridized carbons (Fsp3) is 0.176. The van der Waals surface area contributed by atoms with Gasteiger partial charge < -0.3 is 15.0 Å². The Hall–Kier alpha value is -2.26. The largest absolute Gasteiger partial charge is 0.381 e. The molecule has 0 saturated carbocycles. The van der Waals surface area contributed by atoms with E-state index in [1.54, 1.807) is 7.11 Å². The van der Waals surface area contributed by atoms with E-state index >= 15 is 0 Å². The highest BCUT2D eigenvalue weighted by Gasteiger charge is 2.02. The number of H-pyrrole nitrogens is 1. The Bertz CT molecular complexity index is 703. The van der Waals surface area contributed by atoms with Crippen molar-refractivity contribution in [1.29, 1.82) is 0 Å². The van der Waals surface area contributed by atoms with Crippen molar-refractivity contribution in [1.82, 2.24) is 4.98 Å². The first kappa shape index (κ1) is 12.8. The van der Waals surface area contributed by atoms with E-state index in [-0.39, 0.29) is 0 Å². The number of aromatic nitrogens is 1. The van der Waals surface area contributed by atoms with Crippen molar-refractivity contribution in [2.45, 2.75) is 13.2 Å². The van der Waals surface area contributed by atoms with Gasteiger partial charge in [-0.1, -0.05) is 30.3 Å². The molecule has 0 radical (unpaired) electrons. The SMILES string of the molecule is COCc1ccccc1NCc1ccc2cc[nH]c2c1. The van der Waals surface area contributed by atoms with Crippen LogP contribution >= 0.6 is 0 Å². The van der Waals surface area contributed by atoms with E-state index in [0.717, 1.165) is 12.2 Å². The van der Waals surface area contributed by atoms with Gasteiger partial charge in [0.25, 0.3) is 0 Å². The summed E-state index contributed by atoms with van der Waals surface area (Å²) in [7, 11) is 1.72. The van der Waals surface area contributed by atoms with Gasteiger partial charge in [-0.15, -0.1) is 0 Å². The normalized spacial score (nSPS) is 10.8. The molecule has 102 valence electrons. The number of anilines is 1. The molecule has 0 atom stereocenters. The van der Waals surface area contributed by atoms with E-state index in [0.29, 0.717) is 6.61 Å². The summed E-state index contributed by atoms with van der Waals surface area (Å²) in [6.07, 6.45) is 1.97. The molecule has 20 heavy (non-hydrogen) atoms. The van der Waals surface area contributed by atoms with Gasteiger partial charge in [-0.3, -0.25) is 0 Å². The minimum atomic E-state index is 0.624. The summed E-state index contributed by atoms with van der Waals surface area (Å²) < 4.78 is 5.22. The fourth-order valence-electron chi connectivity index (χ4n) is 2.38. The monoisotopic (exact) mass is 266 g/mol. The third-order valence-electron chi connectivity index (χ3n) is 3.42. The van der Waals surface area contributed by atoms with E-state index in [9.17, 15) is 0 Å². The average molecular weight is 266 g/mol. The van der Waals surface area contributed by atoms with Crippen molar-refractivity contribution < 1.29 is 4.74 Å². The van der Waals surface area contributed by atoms with E-state index < -0.39 is 0 Å². The molecule has 0 aliphatic rings. The Morgan fingerprint density at radius 3 is 2.90 bits per heavy atom. The third-order valence-corrected chi connectivity index (χ3v) is 3.42. The number of methoxy groups -OCH3 is 1. The molecule has 0 bridgehead atoms. The minimum absolute atomic E-state index is 0.624. The lowest BCUT2D eigenvalue weighted by Gasteiger charge is -2.11. The number of aromatic amines is 1. The average Bonchev–Trinajstić information content (AvgIpc) is 2.94. The number of nitrogens with one attached hydrogen (secondary N) is 2. The molecular formula is C17H18N2O. The molecule has 0 unspecified atom stereocenters. The van der Waals surface area contributed by atoms with Gasteiger partial charge in [-0.05, 0) is 29.1 Å². The summed E-state index contributed by atoms with van der Waals surface area (Å²) in [6, 6.07) is 16.8. The number of para-hydroxylation sites is 1. The number of hydrogen-bond donors (Lipinski definition) is 2. The van der Waals surface area contributed by atoms with Gasteiger partial charge in [0.15, 0.2) is 0 Å². The van der Waals surface area contributed by atoms with E-state index in [2.05, 4.69) is 46.7 Å². The Kier molecular flexibility index (Phi) is 3.70. The van der Waals surface area contributed by atoms with Gasteiger partial charge in [0, 0.05) is 36.6 Å². The zero-order chi connectivity index (χ0) is 13.8. The zero-order valence-corrected chi connectivity index (χ0v) is 11.5. The first-order chi connectivity index (χ1) is 9.86. The van der Waals surface area contributed by atoms with E-state index in [1.807, 2.05) is 18.3 Å². The number of rotatable bonds is 5. The zero-order valence-electron chi connectivity index (χ0n) is 11.5. The molecule has 0 amide bonds. The fourth-order valence-corrected chi connectivity index (χ4v) is 2.38. The Morgan fingerprint density at radius 2 is 2.00 bits per heavy atom. The Morgan fingerprint density at radius 1 is 1.10 bits per heavy atom. The topological polar surface area (TPSA) is 37.0 Å². The predicted octanol–water partition coefficient (Wildman–Crippen LogP) is 3.93. The van der Waals surface area contributed by atoms with Crippen LogP contribution in [0.2, 0.25) is 0 Å². The standard InChI is InChI=1S/C17H18N2O/c1-20-12-15-4-2-3-5-16(15)19-11-13-6-7-14-8-9-18-17(14)10-13/h2-10,18-19H,11-12H2,1H3. The van der Waals surface area contributed by atoms with Crippen LogP contribution in [0.25, 0.3) is 10.9 Å². The molecule has 3 aromatic rings. The molecule has 1 heterocycles. The van der Waals surface area contributed by atoms with Gasteiger partial charge in [-0.2, -0.15) is 0 Å². The third kappa shape index (κ3) is 2.68. The van der Waals surface area contributed by atoms with Crippen LogP contribution in [0.5, 0.6) is 0 Å². The van der Waals surface area contributed by atoms with Crippen molar-refractivity contribution in [2.24, 2.45) is 0 Å². The van der Waals surface area contributed by atoms with Crippen LogP contribution in [0.4, 0.5) is 5.69 Å². The molecule has 0 fully saturated rings. The maximum absolute atomic E-state index is 5.22. The van der Waals surface area contributed by atoms with Crippen molar-refractivity contribution >= 4 is 16.6 Å². The first-order valence-corrected chi connectivity index (χ1v) is 6.73. The summed E-state index contributed by atoms with van der Waals surface area (Å²) >= 11 is 0. The van der Waals surface area contributed by atoms with Gasteiger partial charge >= 0.3 is 0 Å². The molecule has 3 heteroatoms. The molecule has 1 aromatic heterocycles. The number of fused-ring (bicyclic) bond motifs is 1. The molecular weight excluding hydrogens is 248 g/mol. The second kappa shape index (κ2) is 5.80. The van der Waals surface area contributed by atoms with Crippen LogP contribution in [-0.2, 0) is 17.9 Å². The molecule has 0 aliphatic carbocycles. The van der Waals surface area contributed by atoms with Crippen LogP contribution in [0.1, 0.15) is 11.1 Å². The van der Waals surface area contributed by atoms with Crippen molar-refractivity contribution in [2.75, 3.05) is 12.4 Å². The van der Waals surface area contributed by atoms with Gasteiger partial charge in [0.2, 0.25) is 0 Å².